The van der Waals surface area contributed by atoms with E-state index in [0.29, 0.717) is 24.1 Å². The number of nitrogens with zero attached hydrogens (tertiary/aromatic N) is 2. The number of carbonyl (C=O) groups is 1. The number of rotatable bonds is 5. The fraction of sp³-hybridized carbons (Fsp3) is 0.316. The van der Waals surface area contributed by atoms with Crippen LogP contribution in [0.3, 0.4) is 0 Å². The third kappa shape index (κ3) is 3.54. The first-order chi connectivity index (χ1) is 12.7. The standard InChI is InChI=1S/C19H19N3O3S/c23-18-17(20-15-5-1-2-6-16(15)21-18)19(24)22(10-13-7-9-26-12-13)11-14-4-3-8-25-14/h1-2,5-7,9,12,14H,3-4,8,10-11H2,(H,21,23)/t14-/m0/s1. The van der Waals surface area contributed by atoms with E-state index in [0.717, 1.165) is 25.0 Å². The van der Waals surface area contributed by atoms with Crippen molar-refractivity contribution in [2.24, 2.45) is 0 Å². The zero-order valence-electron chi connectivity index (χ0n) is 14.2. The summed E-state index contributed by atoms with van der Waals surface area (Å²) in [5, 5.41) is 3.99. The Bertz CT molecular complexity index is 962. The minimum Gasteiger partial charge on any atom is -0.376 e. The smallest absolute Gasteiger partial charge is 0.280 e. The average Bonchev–Trinajstić information content (AvgIpc) is 3.34. The van der Waals surface area contributed by atoms with Gasteiger partial charge in [0.2, 0.25) is 0 Å². The minimum atomic E-state index is -0.462. The van der Waals surface area contributed by atoms with Crippen LogP contribution in [0.25, 0.3) is 11.0 Å². The van der Waals surface area contributed by atoms with Gasteiger partial charge in [0.05, 0.1) is 17.1 Å². The fourth-order valence-corrected chi connectivity index (χ4v) is 3.84. The number of nitrogens with one attached hydrogen (secondary N) is 1. The Kier molecular flexibility index (Phi) is 4.81. The van der Waals surface area contributed by atoms with Gasteiger partial charge in [-0.05, 0) is 47.4 Å². The van der Waals surface area contributed by atoms with Crippen LogP contribution in [0.5, 0.6) is 0 Å². The molecule has 4 rings (SSSR count). The van der Waals surface area contributed by atoms with Crippen molar-refractivity contribution in [1.82, 2.24) is 14.9 Å². The summed E-state index contributed by atoms with van der Waals surface area (Å²) in [6, 6.07) is 9.19. The number of fused-ring (bicyclic) bond motifs is 1. The lowest BCUT2D eigenvalue weighted by molar-refractivity contribution is 0.0502. The highest BCUT2D eigenvalue weighted by Crippen LogP contribution is 2.18. The molecule has 26 heavy (non-hydrogen) atoms. The summed E-state index contributed by atoms with van der Waals surface area (Å²) in [7, 11) is 0. The van der Waals surface area contributed by atoms with Gasteiger partial charge in [0.1, 0.15) is 0 Å². The van der Waals surface area contributed by atoms with Crippen LogP contribution in [0.15, 0.2) is 45.9 Å². The molecule has 134 valence electrons. The molecule has 7 heteroatoms. The van der Waals surface area contributed by atoms with Gasteiger partial charge in [-0.1, -0.05) is 12.1 Å². The number of hydrogen-bond donors (Lipinski definition) is 1. The molecule has 1 aliphatic heterocycles. The van der Waals surface area contributed by atoms with Crippen molar-refractivity contribution in [1.29, 1.82) is 0 Å². The minimum absolute atomic E-state index is 0.0112. The maximum Gasteiger partial charge on any atom is 0.280 e. The number of H-pyrrole nitrogens is 1. The van der Waals surface area contributed by atoms with Crippen LogP contribution in [0.4, 0.5) is 0 Å². The molecule has 6 nitrogen and oxygen atoms in total. The first-order valence-corrected chi connectivity index (χ1v) is 9.56. The van der Waals surface area contributed by atoms with Crippen LogP contribution in [0.2, 0.25) is 0 Å². The van der Waals surface area contributed by atoms with Crippen LogP contribution >= 0.6 is 11.3 Å². The fourth-order valence-electron chi connectivity index (χ4n) is 3.18. The van der Waals surface area contributed by atoms with Gasteiger partial charge < -0.3 is 14.6 Å². The maximum absolute atomic E-state index is 13.1. The Hall–Kier alpha value is -2.51. The Morgan fingerprint density at radius 1 is 1.35 bits per heavy atom. The van der Waals surface area contributed by atoms with Gasteiger partial charge in [-0.3, -0.25) is 9.59 Å². The van der Waals surface area contributed by atoms with Gasteiger partial charge in [-0.2, -0.15) is 11.3 Å². The number of ether oxygens (including phenoxy) is 1. The van der Waals surface area contributed by atoms with Gasteiger partial charge in [0.15, 0.2) is 5.69 Å². The lowest BCUT2D eigenvalue weighted by Gasteiger charge is -2.24. The molecule has 1 saturated heterocycles. The van der Waals surface area contributed by atoms with Crippen molar-refractivity contribution in [3.8, 4) is 0 Å². The number of carbonyl (C=O) groups excluding carboxylic acids is 1. The molecule has 0 aliphatic carbocycles. The van der Waals surface area contributed by atoms with E-state index < -0.39 is 5.56 Å². The van der Waals surface area contributed by atoms with Crippen molar-refractivity contribution in [3.05, 3.63) is 62.7 Å². The summed E-state index contributed by atoms with van der Waals surface area (Å²) >= 11 is 1.58. The van der Waals surface area contributed by atoms with Crippen molar-refractivity contribution in [2.75, 3.05) is 13.2 Å². The highest BCUT2D eigenvalue weighted by molar-refractivity contribution is 7.07. The van der Waals surface area contributed by atoms with Crippen molar-refractivity contribution < 1.29 is 9.53 Å². The summed E-state index contributed by atoms with van der Waals surface area (Å²) in [5.41, 5.74) is 1.73. The summed E-state index contributed by atoms with van der Waals surface area (Å²) in [4.78, 5) is 34.3. The van der Waals surface area contributed by atoms with Gasteiger partial charge in [-0.15, -0.1) is 0 Å². The Morgan fingerprint density at radius 2 is 2.23 bits per heavy atom. The van der Waals surface area contributed by atoms with E-state index in [1.165, 1.54) is 0 Å². The number of thiophene rings is 1. The van der Waals surface area contributed by atoms with Crippen LogP contribution in [-0.4, -0.2) is 40.0 Å². The average molecular weight is 369 g/mol. The summed E-state index contributed by atoms with van der Waals surface area (Å²) in [5.74, 6) is -0.362. The molecule has 2 aromatic heterocycles. The van der Waals surface area contributed by atoms with Crippen LogP contribution in [0.1, 0.15) is 28.9 Å². The molecule has 3 aromatic rings. The highest BCUT2D eigenvalue weighted by atomic mass is 32.1. The normalized spacial score (nSPS) is 16.8. The van der Waals surface area contributed by atoms with Crippen LogP contribution < -0.4 is 5.56 Å². The molecule has 1 N–H and O–H groups in total. The molecule has 0 radical (unpaired) electrons. The van der Waals surface area contributed by atoms with E-state index in [9.17, 15) is 9.59 Å². The first kappa shape index (κ1) is 16.9. The molecule has 1 amide bonds. The third-order valence-corrected chi connectivity index (χ3v) is 5.22. The molecule has 0 saturated carbocycles. The SMILES string of the molecule is O=C(c1nc2ccccc2[nH]c1=O)N(Cc1ccsc1)C[C@@H]1CCCO1. The predicted molar refractivity (Wildman–Crippen MR) is 100 cm³/mol. The molecule has 1 atom stereocenters. The lowest BCUT2D eigenvalue weighted by Crippen LogP contribution is -2.39. The number of para-hydroxylation sites is 2. The number of amides is 1. The van der Waals surface area contributed by atoms with Gasteiger partial charge in [-0.25, -0.2) is 4.98 Å². The second kappa shape index (κ2) is 7.39. The topological polar surface area (TPSA) is 75.3 Å². The van der Waals surface area contributed by atoms with Crippen LogP contribution in [-0.2, 0) is 11.3 Å². The second-order valence-corrected chi connectivity index (χ2v) is 7.16. The van der Waals surface area contributed by atoms with Gasteiger partial charge >= 0.3 is 0 Å². The molecular formula is C19H19N3O3S. The summed E-state index contributed by atoms with van der Waals surface area (Å²) < 4.78 is 5.69. The van der Waals surface area contributed by atoms with E-state index in [1.807, 2.05) is 29.0 Å². The van der Waals surface area contributed by atoms with E-state index in [2.05, 4.69) is 9.97 Å². The molecule has 0 bridgehead atoms. The summed E-state index contributed by atoms with van der Waals surface area (Å²) in [6.45, 7) is 1.62. The zero-order chi connectivity index (χ0) is 17.9. The monoisotopic (exact) mass is 369 g/mol. The molecule has 0 spiro atoms. The van der Waals surface area contributed by atoms with Crippen molar-refractivity contribution in [2.45, 2.75) is 25.5 Å². The number of aromatic amines is 1. The van der Waals surface area contributed by atoms with Gasteiger partial charge in [0.25, 0.3) is 11.5 Å². The number of aromatic nitrogens is 2. The molecule has 3 heterocycles. The molecule has 1 aromatic carbocycles. The second-order valence-electron chi connectivity index (χ2n) is 6.38. The van der Waals surface area contributed by atoms with Crippen LogP contribution in [0, 0.1) is 0 Å². The third-order valence-electron chi connectivity index (χ3n) is 4.49. The first-order valence-electron chi connectivity index (χ1n) is 8.62. The molecule has 1 aliphatic rings. The zero-order valence-corrected chi connectivity index (χ0v) is 15.0. The molecular weight excluding hydrogens is 350 g/mol. The molecule has 0 unspecified atom stereocenters. The van der Waals surface area contributed by atoms with Crippen molar-refractivity contribution >= 4 is 28.3 Å². The van der Waals surface area contributed by atoms with Crippen molar-refractivity contribution in [3.63, 3.8) is 0 Å². The Labute approximate surface area is 154 Å². The molecule has 1 fully saturated rings. The van der Waals surface area contributed by atoms with E-state index in [-0.39, 0.29) is 17.7 Å². The highest BCUT2D eigenvalue weighted by Gasteiger charge is 2.26. The van der Waals surface area contributed by atoms with Gasteiger partial charge in [0, 0.05) is 19.7 Å². The van der Waals surface area contributed by atoms with E-state index >= 15 is 0 Å². The Balaban J connectivity index is 1.66. The largest absolute Gasteiger partial charge is 0.376 e. The Morgan fingerprint density at radius 3 is 3.00 bits per heavy atom. The maximum atomic E-state index is 13.1. The lowest BCUT2D eigenvalue weighted by atomic mass is 10.2. The quantitative estimate of drug-likeness (QED) is 0.750. The number of benzene rings is 1. The number of hydrogen-bond acceptors (Lipinski definition) is 5. The van der Waals surface area contributed by atoms with E-state index in [4.69, 9.17) is 4.74 Å². The predicted octanol–water partition coefficient (Wildman–Crippen LogP) is 2.81. The summed E-state index contributed by atoms with van der Waals surface area (Å²) in [6.07, 6.45) is 1.94. The van der Waals surface area contributed by atoms with E-state index in [1.54, 1.807) is 28.4 Å².